The summed E-state index contributed by atoms with van der Waals surface area (Å²) in [5.74, 6) is 0. The van der Waals surface area contributed by atoms with Crippen LogP contribution in [0.3, 0.4) is 0 Å². The summed E-state index contributed by atoms with van der Waals surface area (Å²) in [4.78, 5) is 1.35. The third-order valence-corrected chi connectivity index (χ3v) is 4.17. The number of halogens is 1. The molecule has 2 aromatic rings. The molecular weight excluding hydrogens is 272 g/mol. The largest absolute Gasteiger partial charge is 0.349 e. The van der Waals surface area contributed by atoms with E-state index in [2.05, 4.69) is 50.4 Å². The predicted molar refractivity (Wildman–Crippen MR) is 68.3 cm³/mol. The Hall–Kier alpha value is -0.580. The molecule has 2 aromatic heterocycles. The van der Waals surface area contributed by atoms with Crippen molar-refractivity contribution in [3.05, 3.63) is 44.8 Å². The van der Waals surface area contributed by atoms with Gasteiger partial charge in [0, 0.05) is 21.7 Å². The fraction of sp³-hybridized carbons (Fsp3) is 0.273. The molecule has 2 rings (SSSR count). The van der Waals surface area contributed by atoms with Gasteiger partial charge in [-0.05, 0) is 52.0 Å². The first-order valence-corrected chi connectivity index (χ1v) is 6.53. The van der Waals surface area contributed by atoms with Gasteiger partial charge >= 0.3 is 0 Å². The van der Waals surface area contributed by atoms with E-state index < -0.39 is 0 Å². The molecule has 15 heavy (non-hydrogen) atoms. The van der Waals surface area contributed by atoms with Crippen molar-refractivity contribution in [2.45, 2.75) is 13.0 Å². The van der Waals surface area contributed by atoms with Gasteiger partial charge in [-0.15, -0.1) is 11.3 Å². The number of hydrogen-bond acceptors (Lipinski definition) is 2. The molecule has 0 radical (unpaired) electrons. The lowest BCUT2D eigenvalue weighted by Crippen LogP contribution is -2.02. The molecule has 0 spiro atoms. The van der Waals surface area contributed by atoms with Crippen molar-refractivity contribution in [1.82, 2.24) is 4.57 Å². The monoisotopic (exact) mass is 284 g/mol. The predicted octanol–water partition coefficient (Wildman–Crippen LogP) is 2.86. The molecule has 0 bridgehead atoms. The minimum Gasteiger partial charge on any atom is -0.349 e. The fourth-order valence-electron chi connectivity index (χ4n) is 1.51. The van der Waals surface area contributed by atoms with E-state index in [4.69, 9.17) is 5.73 Å². The first-order chi connectivity index (χ1) is 7.29. The first kappa shape index (κ1) is 10.9. The Bertz CT molecular complexity index is 433. The number of nitrogens with zero attached hydrogens (tertiary/aromatic N) is 1. The summed E-state index contributed by atoms with van der Waals surface area (Å²) in [5.41, 5.74) is 6.83. The molecule has 0 aliphatic carbocycles. The summed E-state index contributed by atoms with van der Waals surface area (Å²) in [5, 5.41) is 2.10. The number of nitrogens with two attached hydrogens (primary N) is 1. The SMILES string of the molecule is NCCc1ccn(Cc2sccc2Br)c1. The minimum absolute atomic E-state index is 0.715. The van der Waals surface area contributed by atoms with E-state index in [-0.39, 0.29) is 0 Å². The second-order valence-electron chi connectivity index (χ2n) is 3.42. The van der Waals surface area contributed by atoms with Gasteiger partial charge in [-0.25, -0.2) is 0 Å². The maximum Gasteiger partial charge on any atom is 0.0574 e. The Morgan fingerprint density at radius 3 is 2.93 bits per heavy atom. The van der Waals surface area contributed by atoms with Gasteiger partial charge in [-0.2, -0.15) is 0 Å². The smallest absolute Gasteiger partial charge is 0.0574 e. The van der Waals surface area contributed by atoms with Crippen LogP contribution in [0.4, 0.5) is 0 Å². The van der Waals surface area contributed by atoms with Crippen LogP contribution in [-0.2, 0) is 13.0 Å². The molecule has 2 nitrogen and oxygen atoms in total. The zero-order valence-corrected chi connectivity index (χ0v) is 10.7. The van der Waals surface area contributed by atoms with E-state index in [1.807, 2.05) is 0 Å². The van der Waals surface area contributed by atoms with Crippen LogP contribution in [0.25, 0.3) is 0 Å². The number of hydrogen-bond donors (Lipinski definition) is 1. The molecule has 0 aromatic carbocycles. The summed E-state index contributed by atoms with van der Waals surface area (Å²) in [7, 11) is 0. The Morgan fingerprint density at radius 1 is 1.40 bits per heavy atom. The Labute approximate surface area is 102 Å². The van der Waals surface area contributed by atoms with Crippen molar-refractivity contribution in [2.24, 2.45) is 5.73 Å². The van der Waals surface area contributed by atoms with Crippen LogP contribution in [0.2, 0.25) is 0 Å². The Morgan fingerprint density at radius 2 is 2.27 bits per heavy atom. The molecular formula is C11H13BrN2S. The van der Waals surface area contributed by atoms with Crippen molar-refractivity contribution in [3.63, 3.8) is 0 Å². The lowest BCUT2D eigenvalue weighted by Gasteiger charge is -2.00. The third-order valence-electron chi connectivity index (χ3n) is 2.26. The summed E-state index contributed by atoms with van der Waals surface area (Å²) in [6.45, 7) is 1.65. The highest BCUT2D eigenvalue weighted by molar-refractivity contribution is 9.10. The van der Waals surface area contributed by atoms with Crippen LogP contribution >= 0.6 is 27.3 Å². The lowest BCUT2D eigenvalue weighted by atomic mass is 10.2. The summed E-state index contributed by atoms with van der Waals surface area (Å²) < 4.78 is 3.39. The van der Waals surface area contributed by atoms with E-state index in [1.165, 1.54) is 14.9 Å². The first-order valence-electron chi connectivity index (χ1n) is 4.86. The van der Waals surface area contributed by atoms with Crippen LogP contribution in [-0.4, -0.2) is 11.1 Å². The van der Waals surface area contributed by atoms with Crippen LogP contribution in [0.5, 0.6) is 0 Å². The highest BCUT2D eigenvalue weighted by atomic mass is 79.9. The number of thiophene rings is 1. The fourth-order valence-corrected chi connectivity index (χ4v) is 2.99. The highest BCUT2D eigenvalue weighted by Crippen LogP contribution is 2.23. The van der Waals surface area contributed by atoms with E-state index in [1.54, 1.807) is 11.3 Å². The molecule has 80 valence electrons. The van der Waals surface area contributed by atoms with Gasteiger partial charge in [-0.1, -0.05) is 0 Å². The standard InChI is InChI=1S/C11H13BrN2S/c12-10-3-6-15-11(10)8-14-5-2-9(7-14)1-4-13/h2-3,5-7H,1,4,8,13H2. The Kier molecular flexibility index (Phi) is 3.61. The molecule has 4 heteroatoms. The maximum absolute atomic E-state index is 5.52. The van der Waals surface area contributed by atoms with E-state index in [0.29, 0.717) is 6.54 Å². The van der Waals surface area contributed by atoms with E-state index in [9.17, 15) is 0 Å². The third kappa shape index (κ3) is 2.71. The van der Waals surface area contributed by atoms with Gasteiger partial charge in [0.25, 0.3) is 0 Å². The molecule has 0 saturated carbocycles. The minimum atomic E-state index is 0.715. The second-order valence-corrected chi connectivity index (χ2v) is 5.28. The van der Waals surface area contributed by atoms with Crippen LogP contribution in [0.1, 0.15) is 10.4 Å². The van der Waals surface area contributed by atoms with Crippen LogP contribution in [0.15, 0.2) is 34.4 Å². The average molecular weight is 285 g/mol. The van der Waals surface area contributed by atoms with Gasteiger partial charge in [-0.3, -0.25) is 0 Å². The number of aromatic nitrogens is 1. The summed E-state index contributed by atoms with van der Waals surface area (Å²) in [6.07, 6.45) is 5.23. The zero-order chi connectivity index (χ0) is 10.7. The molecule has 0 saturated heterocycles. The summed E-state index contributed by atoms with van der Waals surface area (Å²) in [6, 6.07) is 4.22. The van der Waals surface area contributed by atoms with E-state index >= 15 is 0 Å². The van der Waals surface area contributed by atoms with Gasteiger partial charge < -0.3 is 10.3 Å². The molecule has 2 heterocycles. The van der Waals surface area contributed by atoms with Crippen molar-refractivity contribution < 1.29 is 0 Å². The van der Waals surface area contributed by atoms with Gasteiger partial charge in [0.2, 0.25) is 0 Å². The van der Waals surface area contributed by atoms with Crippen LogP contribution in [0, 0.1) is 0 Å². The molecule has 0 amide bonds. The molecule has 0 unspecified atom stereocenters. The van der Waals surface area contributed by atoms with Gasteiger partial charge in [0.1, 0.15) is 0 Å². The lowest BCUT2D eigenvalue weighted by molar-refractivity contribution is 0.810. The average Bonchev–Trinajstić information content (AvgIpc) is 2.79. The maximum atomic E-state index is 5.52. The highest BCUT2D eigenvalue weighted by Gasteiger charge is 2.02. The molecule has 0 aliphatic heterocycles. The van der Waals surface area contributed by atoms with Crippen molar-refractivity contribution >= 4 is 27.3 Å². The van der Waals surface area contributed by atoms with Crippen molar-refractivity contribution in [3.8, 4) is 0 Å². The van der Waals surface area contributed by atoms with Crippen LogP contribution < -0.4 is 5.73 Å². The van der Waals surface area contributed by atoms with Gasteiger partial charge in [0.15, 0.2) is 0 Å². The quantitative estimate of drug-likeness (QED) is 0.920. The zero-order valence-electron chi connectivity index (χ0n) is 8.32. The number of rotatable bonds is 4. The molecule has 2 N–H and O–H groups in total. The van der Waals surface area contributed by atoms with Crippen molar-refractivity contribution in [2.75, 3.05) is 6.54 Å². The second kappa shape index (κ2) is 4.96. The molecule has 0 aliphatic rings. The summed E-state index contributed by atoms with van der Waals surface area (Å²) >= 11 is 5.31. The Balaban J connectivity index is 2.08. The molecule has 0 atom stereocenters. The van der Waals surface area contributed by atoms with Crippen molar-refractivity contribution in [1.29, 1.82) is 0 Å². The topological polar surface area (TPSA) is 30.9 Å². The van der Waals surface area contributed by atoms with Gasteiger partial charge in [0.05, 0.1) is 6.54 Å². The molecule has 0 fully saturated rings. The normalized spacial score (nSPS) is 10.8. The van der Waals surface area contributed by atoms with E-state index in [0.717, 1.165) is 13.0 Å².